The van der Waals surface area contributed by atoms with Gasteiger partial charge in [-0.05, 0) is 0 Å². The van der Waals surface area contributed by atoms with Gasteiger partial charge in [0.15, 0.2) is 16.4 Å². The van der Waals surface area contributed by atoms with Crippen LogP contribution in [0, 0.1) is 0 Å². The molecule has 9 heteroatoms. The minimum Gasteiger partial charge on any atom is -0.505 e. The van der Waals surface area contributed by atoms with Crippen molar-refractivity contribution in [2.24, 2.45) is 0 Å². The minimum atomic E-state index is -4.41. The van der Waals surface area contributed by atoms with Crippen LogP contribution in [-0.2, 0) is 9.05 Å². The standard InChI is InChI=1S/C7H6ClF2NO4S/c1-15-5-4(7(9)10)11-2-3(12)6(5)16(8,13)14/h2,7,12H,1H3. The largest absolute Gasteiger partial charge is 0.505 e. The molecule has 0 unspecified atom stereocenters. The second-order valence-electron chi connectivity index (χ2n) is 2.63. The Balaban J connectivity index is 3.64. The molecule has 0 saturated heterocycles. The highest BCUT2D eigenvalue weighted by Gasteiger charge is 2.28. The first-order chi connectivity index (χ1) is 7.29. The zero-order valence-electron chi connectivity index (χ0n) is 7.82. The molecule has 0 aliphatic rings. The molecule has 1 heterocycles. The first kappa shape index (κ1) is 12.9. The van der Waals surface area contributed by atoms with E-state index in [0.29, 0.717) is 6.20 Å². The Kier molecular flexibility index (Phi) is 3.54. The van der Waals surface area contributed by atoms with Crippen LogP contribution in [0.5, 0.6) is 11.5 Å². The molecule has 1 aromatic heterocycles. The van der Waals surface area contributed by atoms with Gasteiger partial charge in [0.25, 0.3) is 15.5 Å². The predicted octanol–water partition coefficient (Wildman–Crippen LogP) is 1.66. The molecule has 0 radical (unpaired) electrons. The van der Waals surface area contributed by atoms with E-state index in [1.807, 2.05) is 0 Å². The summed E-state index contributed by atoms with van der Waals surface area (Å²) in [7, 11) is 1.54. The van der Waals surface area contributed by atoms with Gasteiger partial charge in [-0.1, -0.05) is 0 Å². The molecule has 0 fully saturated rings. The smallest absolute Gasteiger partial charge is 0.284 e. The van der Waals surface area contributed by atoms with Crippen LogP contribution in [0.2, 0.25) is 0 Å². The molecule has 0 saturated carbocycles. The number of methoxy groups -OCH3 is 1. The Morgan fingerprint density at radius 1 is 1.56 bits per heavy atom. The lowest BCUT2D eigenvalue weighted by molar-refractivity contribution is 0.140. The molecule has 1 aromatic rings. The summed E-state index contributed by atoms with van der Waals surface area (Å²) in [5.74, 6) is -1.61. The van der Waals surface area contributed by atoms with E-state index in [1.165, 1.54) is 0 Å². The van der Waals surface area contributed by atoms with E-state index in [-0.39, 0.29) is 0 Å². The van der Waals surface area contributed by atoms with Crippen molar-refractivity contribution in [3.8, 4) is 11.5 Å². The Hall–Kier alpha value is -1.15. The molecule has 90 valence electrons. The van der Waals surface area contributed by atoms with Gasteiger partial charge in [-0.25, -0.2) is 22.2 Å². The summed E-state index contributed by atoms with van der Waals surface area (Å²) in [6.45, 7) is 0. The molecular formula is C7H6ClF2NO4S. The number of hydrogen-bond acceptors (Lipinski definition) is 5. The Labute approximate surface area is 94.1 Å². The van der Waals surface area contributed by atoms with Gasteiger partial charge in [-0.3, -0.25) is 0 Å². The second kappa shape index (κ2) is 4.38. The van der Waals surface area contributed by atoms with E-state index < -0.39 is 37.6 Å². The van der Waals surface area contributed by atoms with E-state index in [1.54, 1.807) is 0 Å². The average molecular weight is 274 g/mol. The summed E-state index contributed by atoms with van der Waals surface area (Å²) < 4.78 is 51.5. The van der Waals surface area contributed by atoms with E-state index in [0.717, 1.165) is 7.11 Å². The van der Waals surface area contributed by atoms with Crippen molar-refractivity contribution >= 4 is 19.7 Å². The van der Waals surface area contributed by atoms with Gasteiger partial charge < -0.3 is 9.84 Å². The zero-order valence-corrected chi connectivity index (χ0v) is 9.39. The first-order valence-electron chi connectivity index (χ1n) is 3.77. The molecule has 0 atom stereocenters. The van der Waals surface area contributed by atoms with Gasteiger partial charge >= 0.3 is 0 Å². The van der Waals surface area contributed by atoms with Crippen LogP contribution in [0.15, 0.2) is 11.1 Å². The van der Waals surface area contributed by atoms with Crippen molar-refractivity contribution in [1.29, 1.82) is 0 Å². The van der Waals surface area contributed by atoms with Crippen LogP contribution in [-0.4, -0.2) is 25.6 Å². The number of aromatic hydroxyl groups is 1. The summed E-state index contributed by atoms with van der Waals surface area (Å²) >= 11 is 0. The number of alkyl halides is 2. The molecule has 16 heavy (non-hydrogen) atoms. The SMILES string of the molecule is COc1c(C(F)F)ncc(O)c1S(=O)(=O)Cl. The van der Waals surface area contributed by atoms with Crippen LogP contribution in [0.3, 0.4) is 0 Å². The lowest BCUT2D eigenvalue weighted by Gasteiger charge is -2.11. The lowest BCUT2D eigenvalue weighted by atomic mass is 10.3. The third-order valence-corrected chi connectivity index (χ3v) is 3.00. The first-order valence-corrected chi connectivity index (χ1v) is 6.08. The lowest BCUT2D eigenvalue weighted by Crippen LogP contribution is -2.03. The monoisotopic (exact) mass is 273 g/mol. The fraction of sp³-hybridized carbons (Fsp3) is 0.286. The summed E-state index contributed by atoms with van der Waals surface area (Å²) in [4.78, 5) is 2.26. The number of hydrogen-bond donors (Lipinski definition) is 1. The molecule has 0 bridgehead atoms. The Bertz CT molecular complexity index is 505. The maximum absolute atomic E-state index is 12.5. The molecule has 0 aromatic carbocycles. The van der Waals surface area contributed by atoms with Crippen molar-refractivity contribution in [2.75, 3.05) is 7.11 Å². The quantitative estimate of drug-likeness (QED) is 0.848. The summed E-state index contributed by atoms with van der Waals surface area (Å²) in [6, 6.07) is 0. The number of nitrogens with zero attached hydrogens (tertiary/aromatic N) is 1. The number of pyridine rings is 1. The van der Waals surface area contributed by atoms with Crippen LogP contribution in [0.1, 0.15) is 12.1 Å². The van der Waals surface area contributed by atoms with Gasteiger partial charge in [0.05, 0.1) is 13.3 Å². The third-order valence-electron chi connectivity index (χ3n) is 1.65. The van der Waals surface area contributed by atoms with E-state index in [2.05, 4.69) is 9.72 Å². The summed E-state index contributed by atoms with van der Waals surface area (Å²) in [6.07, 6.45) is -2.48. The molecule has 1 rings (SSSR count). The Morgan fingerprint density at radius 3 is 2.50 bits per heavy atom. The second-order valence-corrected chi connectivity index (χ2v) is 5.13. The molecule has 5 nitrogen and oxygen atoms in total. The third kappa shape index (κ3) is 2.33. The highest BCUT2D eigenvalue weighted by Crippen LogP contribution is 2.39. The fourth-order valence-electron chi connectivity index (χ4n) is 1.07. The molecule has 1 N–H and O–H groups in total. The van der Waals surface area contributed by atoms with Crippen molar-refractivity contribution in [3.63, 3.8) is 0 Å². The van der Waals surface area contributed by atoms with E-state index >= 15 is 0 Å². The van der Waals surface area contributed by atoms with E-state index in [4.69, 9.17) is 10.7 Å². The highest BCUT2D eigenvalue weighted by atomic mass is 35.7. The molecule has 0 aliphatic heterocycles. The maximum Gasteiger partial charge on any atom is 0.284 e. The van der Waals surface area contributed by atoms with Crippen molar-refractivity contribution in [2.45, 2.75) is 11.3 Å². The van der Waals surface area contributed by atoms with Crippen molar-refractivity contribution in [1.82, 2.24) is 4.98 Å². The molecule has 0 amide bonds. The zero-order chi connectivity index (χ0) is 12.5. The normalized spacial score (nSPS) is 11.8. The minimum absolute atomic E-state index is 0.569. The van der Waals surface area contributed by atoms with Crippen LogP contribution in [0.25, 0.3) is 0 Å². The van der Waals surface area contributed by atoms with Gasteiger partial charge in [0, 0.05) is 10.7 Å². The van der Waals surface area contributed by atoms with Crippen LogP contribution >= 0.6 is 10.7 Å². The van der Waals surface area contributed by atoms with Gasteiger partial charge in [0.2, 0.25) is 0 Å². The number of ether oxygens (including phenoxy) is 1. The van der Waals surface area contributed by atoms with Gasteiger partial charge in [-0.15, -0.1) is 0 Å². The summed E-state index contributed by atoms with van der Waals surface area (Å²) in [5.41, 5.74) is -0.903. The number of aromatic nitrogens is 1. The Morgan fingerprint density at radius 2 is 2.12 bits per heavy atom. The van der Waals surface area contributed by atoms with E-state index in [9.17, 15) is 22.3 Å². The van der Waals surface area contributed by atoms with Gasteiger partial charge in [-0.2, -0.15) is 0 Å². The van der Waals surface area contributed by atoms with Gasteiger partial charge in [0.1, 0.15) is 5.69 Å². The van der Waals surface area contributed by atoms with Crippen molar-refractivity contribution in [3.05, 3.63) is 11.9 Å². The predicted molar refractivity (Wildman–Crippen MR) is 50.4 cm³/mol. The van der Waals surface area contributed by atoms with Crippen LogP contribution < -0.4 is 4.74 Å². The topological polar surface area (TPSA) is 76.5 Å². The molecule has 0 aliphatic carbocycles. The number of rotatable bonds is 3. The highest BCUT2D eigenvalue weighted by molar-refractivity contribution is 8.13. The molecular weight excluding hydrogens is 268 g/mol. The maximum atomic E-state index is 12.5. The number of halogens is 3. The van der Waals surface area contributed by atoms with Crippen molar-refractivity contribution < 1.29 is 27.0 Å². The summed E-state index contributed by atoms with van der Waals surface area (Å²) in [5, 5.41) is 9.21. The molecule has 0 spiro atoms. The van der Waals surface area contributed by atoms with Crippen LogP contribution in [0.4, 0.5) is 8.78 Å². The average Bonchev–Trinajstić information content (AvgIpc) is 2.14. The fourth-order valence-corrected chi connectivity index (χ4v) is 2.23.